The van der Waals surface area contributed by atoms with Crippen molar-refractivity contribution in [1.82, 2.24) is 5.16 Å². The Balaban J connectivity index is 2.84. The summed E-state index contributed by atoms with van der Waals surface area (Å²) in [4.78, 5) is 0. The van der Waals surface area contributed by atoms with Crippen LogP contribution in [0.3, 0.4) is 0 Å². The number of nitrogen functional groups attached to an aromatic ring is 1. The van der Waals surface area contributed by atoms with Gasteiger partial charge in [-0.2, -0.15) is 0 Å². The molecule has 1 aromatic heterocycles. The summed E-state index contributed by atoms with van der Waals surface area (Å²) in [5.74, 6) is 0.439. The second-order valence-corrected chi connectivity index (χ2v) is 2.09. The highest BCUT2D eigenvalue weighted by molar-refractivity contribution is 7.98. The van der Waals surface area contributed by atoms with Gasteiger partial charge >= 0.3 is 0 Å². The fraction of sp³-hybridized carbons (Fsp3) is 0.250. The summed E-state index contributed by atoms with van der Waals surface area (Å²) in [6.45, 7) is 0. The summed E-state index contributed by atoms with van der Waals surface area (Å²) in [6, 6.07) is 1.69. The zero-order valence-electron chi connectivity index (χ0n) is 4.42. The van der Waals surface area contributed by atoms with Crippen LogP contribution in [0.25, 0.3) is 0 Å². The van der Waals surface area contributed by atoms with Gasteiger partial charge in [0.1, 0.15) is 0 Å². The lowest BCUT2D eigenvalue weighted by atomic mass is 10.7. The Bertz CT molecular complexity index is 174. The van der Waals surface area contributed by atoms with Crippen molar-refractivity contribution < 1.29 is 4.52 Å². The van der Waals surface area contributed by atoms with E-state index in [0.717, 1.165) is 5.09 Å². The smallest absolute Gasteiger partial charge is 0.195 e. The summed E-state index contributed by atoms with van der Waals surface area (Å²) < 4.78 is 4.70. The first-order chi connectivity index (χ1) is 3.83. The number of anilines is 1. The molecule has 0 aliphatic rings. The zero-order valence-corrected chi connectivity index (χ0v) is 5.23. The molecule has 0 unspecified atom stereocenters. The Hall–Kier alpha value is -0.640. The summed E-state index contributed by atoms with van der Waals surface area (Å²) in [7, 11) is 0. The molecule has 0 bridgehead atoms. The molecule has 0 aliphatic carbocycles. The minimum absolute atomic E-state index is 0.439. The van der Waals surface area contributed by atoms with Crippen LogP contribution in [0.1, 0.15) is 0 Å². The molecule has 0 saturated carbocycles. The number of hydrogen-bond donors (Lipinski definition) is 1. The van der Waals surface area contributed by atoms with Crippen LogP contribution in [0.5, 0.6) is 0 Å². The minimum atomic E-state index is 0.439. The monoisotopic (exact) mass is 130 g/mol. The maximum atomic E-state index is 5.24. The Morgan fingerprint density at radius 1 is 1.88 bits per heavy atom. The highest BCUT2D eigenvalue weighted by atomic mass is 32.2. The molecule has 3 nitrogen and oxygen atoms in total. The van der Waals surface area contributed by atoms with E-state index in [0.29, 0.717) is 5.82 Å². The van der Waals surface area contributed by atoms with Crippen LogP contribution < -0.4 is 5.73 Å². The van der Waals surface area contributed by atoms with Crippen molar-refractivity contribution in [2.24, 2.45) is 0 Å². The van der Waals surface area contributed by atoms with E-state index in [1.165, 1.54) is 11.8 Å². The molecule has 1 rings (SSSR count). The molecule has 44 valence electrons. The van der Waals surface area contributed by atoms with E-state index in [1.807, 2.05) is 6.26 Å². The Morgan fingerprint density at radius 3 is 2.88 bits per heavy atom. The molecule has 1 aromatic rings. The lowest BCUT2D eigenvalue weighted by molar-refractivity contribution is 0.352. The topological polar surface area (TPSA) is 52.0 Å². The normalized spacial score (nSPS) is 9.62. The molecule has 0 fully saturated rings. The zero-order chi connectivity index (χ0) is 5.98. The van der Waals surface area contributed by atoms with Crippen LogP contribution in [0.2, 0.25) is 0 Å². The number of hydrogen-bond acceptors (Lipinski definition) is 4. The number of aromatic nitrogens is 1. The number of thioether (sulfide) groups is 1. The first-order valence-electron chi connectivity index (χ1n) is 2.09. The van der Waals surface area contributed by atoms with Crippen LogP contribution in [-0.2, 0) is 0 Å². The summed E-state index contributed by atoms with van der Waals surface area (Å²) >= 11 is 1.48. The third-order valence-electron chi connectivity index (χ3n) is 0.708. The van der Waals surface area contributed by atoms with E-state index in [4.69, 9.17) is 10.3 Å². The van der Waals surface area contributed by atoms with Crippen molar-refractivity contribution in [2.75, 3.05) is 12.0 Å². The van der Waals surface area contributed by atoms with Gasteiger partial charge in [0, 0.05) is 6.07 Å². The van der Waals surface area contributed by atoms with Crippen molar-refractivity contribution >= 4 is 17.6 Å². The predicted molar refractivity (Wildman–Crippen MR) is 32.7 cm³/mol. The van der Waals surface area contributed by atoms with Crippen molar-refractivity contribution in [1.29, 1.82) is 0 Å². The van der Waals surface area contributed by atoms with Gasteiger partial charge < -0.3 is 10.3 Å². The molecule has 0 aliphatic heterocycles. The minimum Gasteiger partial charge on any atom is -0.381 e. The van der Waals surface area contributed by atoms with Gasteiger partial charge in [-0.25, -0.2) is 0 Å². The Kier molecular flexibility index (Phi) is 1.43. The van der Waals surface area contributed by atoms with Gasteiger partial charge in [-0.05, 0) is 6.26 Å². The van der Waals surface area contributed by atoms with Crippen LogP contribution in [0.4, 0.5) is 5.82 Å². The first-order valence-corrected chi connectivity index (χ1v) is 3.31. The van der Waals surface area contributed by atoms with Gasteiger partial charge in [0.05, 0.1) is 0 Å². The molecule has 1 heterocycles. The molecule has 0 atom stereocenters. The standard InChI is InChI=1S/C4H6N2OS/c1-8-4-2-3(5)6-7-4/h2H,1H3,(H2,5,6). The van der Waals surface area contributed by atoms with Crippen LogP contribution in [0.15, 0.2) is 15.7 Å². The third-order valence-corrected chi connectivity index (χ3v) is 1.30. The maximum Gasteiger partial charge on any atom is 0.195 e. The fourth-order valence-electron chi connectivity index (χ4n) is 0.367. The highest BCUT2D eigenvalue weighted by Crippen LogP contribution is 2.15. The number of rotatable bonds is 1. The third kappa shape index (κ3) is 0.949. The number of nitrogens with two attached hydrogens (primary N) is 1. The molecule has 0 radical (unpaired) electrons. The molecule has 2 N–H and O–H groups in total. The fourth-order valence-corrected chi connectivity index (χ4v) is 0.718. The van der Waals surface area contributed by atoms with Gasteiger partial charge in [0.25, 0.3) is 0 Å². The molecule has 0 spiro atoms. The van der Waals surface area contributed by atoms with Gasteiger partial charge in [0.15, 0.2) is 10.9 Å². The summed E-state index contributed by atoms with van der Waals surface area (Å²) in [5.41, 5.74) is 5.24. The van der Waals surface area contributed by atoms with E-state index in [1.54, 1.807) is 6.07 Å². The van der Waals surface area contributed by atoms with Crippen LogP contribution >= 0.6 is 11.8 Å². The Labute approximate surface area is 51.2 Å². The lowest BCUT2D eigenvalue weighted by Crippen LogP contribution is -1.79. The highest BCUT2D eigenvalue weighted by Gasteiger charge is 1.94. The second-order valence-electron chi connectivity index (χ2n) is 1.27. The van der Waals surface area contributed by atoms with Crippen LogP contribution in [0, 0.1) is 0 Å². The molecule has 0 saturated heterocycles. The molecule has 0 amide bonds. The van der Waals surface area contributed by atoms with Crippen molar-refractivity contribution in [3.63, 3.8) is 0 Å². The van der Waals surface area contributed by atoms with Gasteiger partial charge in [-0.1, -0.05) is 16.9 Å². The van der Waals surface area contributed by atoms with Crippen molar-refractivity contribution in [3.05, 3.63) is 6.07 Å². The molecule has 0 aromatic carbocycles. The lowest BCUT2D eigenvalue weighted by Gasteiger charge is -1.76. The van der Waals surface area contributed by atoms with E-state index in [-0.39, 0.29) is 0 Å². The largest absolute Gasteiger partial charge is 0.381 e. The molecular formula is C4H6N2OS. The Morgan fingerprint density at radius 2 is 2.62 bits per heavy atom. The van der Waals surface area contributed by atoms with Crippen molar-refractivity contribution in [3.8, 4) is 0 Å². The average Bonchev–Trinajstić information content (AvgIpc) is 2.14. The second kappa shape index (κ2) is 2.09. The molecular weight excluding hydrogens is 124 g/mol. The summed E-state index contributed by atoms with van der Waals surface area (Å²) in [5, 5.41) is 4.22. The summed E-state index contributed by atoms with van der Waals surface area (Å²) in [6.07, 6.45) is 1.90. The van der Waals surface area contributed by atoms with Crippen LogP contribution in [-0.4, -0.2) is 11.4 Å². The van der Waals surface area contributed by atoms with E-state index in [2.05, 4.69) is 5.16 Å². The van der Waals surface area contributed by atoms with Gasteiger partial charge in [-0.15, -0.1) is 0 Å². The first kappa shape index (κ1) is 5.50. The van der Waals surface area contributed by atoms with E-state index >= 15 is 0 Å². The quantitative estimate of drug-likeness (QED) is 0.576. The van der Waals surface area contributed by atoms with Gasteiger partial charge in [0.2, 0.25) is 0 Å². The maximum absolute atomic E-state index is 5.24. The number of nitrogens with zero attached hydrogens (tertiary/aromatic N) is 1. The molecule has 4 heteroatoms. The van der Waals surface area contributed by atoms with Crippen molar-refractivity contribution in [2.45, 2.75) is 5.09 Å². The average molecular weight is 130 g/mol. The van der Waals surface area contributed by atoms with Gasteiger partial charge in [-0.3, -0.25) is 0 Å². The SMILES string of the molecule is CSc1cc(N)no1. The van der Waals surface area contributed by atoms with E-state index < -0.39 is 0 Å². The molecule has 8 heavy (non-hydrogen) atoms. The predicted octanol–water partition coefficient (Wildman–Crippen LogP) is 0.979. The van der Waals surface area contributed by atoms with E-state index in [9.17, 15) is 0 Å².